The first kappa shape index (κ1) is 30.2. The Kier molecular flexibility index (Phi) is 8.45. The van der Waals surface area contributed by atoms with Crippen molar-refractivity contribution in [1.82, 2.24) is 9.80 Å². The van der Waals surface area contributed by atoms with Gasteiger partial charge in [-0.05, 0) is 37.5 Å². The number of para-hydroxylation sites is 1. The lowest BCUT2D eigenvalue weighted by Gasteiger charge is -2.47. The van der Waals surface area contributed by atoms with Crippen molar-refractivity contribution in [3.05, 3.63) is 54.1 Å². The van der Waals surface area contributed by atoms with Gasteiger partial charge < -0.3 is 50.5 Å². The van der Waals surface area contributed by atoms with Gasteiger partial charge >= 0.3 is 23.8 Å². The molecule has 14 nitrogen and oxygen atoms in total. The minimum atomic E-state index is -4.24. The van der Waals surface area contributed by atoms with E-state index in [-0.39, 0.29) is 39.2 Å². The lowest BCUT2D eigenvalue weighted by molar-refractivity contribution is -0.617. The number of ether oxygens (including phenoxy) is 3. The zero-order valence-electron chi connectivity index (χ0n) is 21.9. The van der Waals surface area contributed by atoms with Gasteiger partial charge in [-0.3, -0.25) is 9.47 Å². The van der Waals surface area contributed by atoms with Crippen LogP contribution in [0.4, 0.5) is 5.69 Å². The third kappa shape index (κ3) is 6.14. The van der Waals surface area contributed by atoms with Crippen LogP contribution < -0.4 is 0 Å². The molecule has 15 heteroatoms. The fourth-order valence-electron chi connectivity index (χ4n) is 4.74. The van der Waals surface area contributed by atoms with Gasteiger partial charge in [-0.25, -0.2) is 9.89 Å². The maximum atomic E-state index is 10.7. The summed E-state index contributed by atoms with van der Waals surface area (Å²) in [5, 5.41) is 82.7. The summed E-state index contributed by atoms with van der Waals surface area (Å²) in [4.78, 5) is 9.54. The second-order valence-electron chi connectivity index (χ2n) is 9.95. The van der Waals surface area contributed by atoms with Crippen molar-refractivity contribution in [3.63, 3.8) is 0 Å². The fourth-order valence-corrected chi connectivity index (χ4v) is 5.76. The molecule has 2 aromatic carbocycles. The number of aliphatic hydroxyl groups is 8. The van der Waals surface area contributed by atoms with Crippen molar-refractivity contribution < 1.29 is 55.1 Å². The maximum absolute atomic E-state index is 10.7. The molecule has 0 radical (unpaired) electrons. The topological polar surface area (TPSA) is 208 Å². The average molecular weight is 596 g/mol. The summed E-state index contributed by atoms with van der Waals surface area (Å²) in [6.07, 6.45) is 0.172. The fraction of sp³-hybridized carbons (Fsp3) is 0.500. The summed E-state index contributed by atoms with van der Waals surface area (Å²) in [5.74, 6) is -15.3. The van der Waals surface area contributed by atoms with Gasteiger partial charge in [0, 0.05) is 48.1 Å². The number of amidine groups is 1. The molecule has 8 N–H and O–H groups in total. The van der Waals surface area contributed by atoms with Gasteiger partial charge in [0.15, 0.2) is 6.29 Å². The number of aliphatic imine (C=N–C) groups is 1. The molecule has 2 aromatic rings. The first-order chi connectivity index (χ1) is 19.3. The average Bonchev–Trinajstić information content (AvgIpc) is 3.09. The molecule has 5 rings (SSSR count). The van der Waals surface area contributed by atoms with Crippen LogP contribution in [0.25, 0.3) is 0 Å². The van der Waals surface area contributed by atoms with Gasteiger partial charge in [-0.15, -0.1) is 0 Å². The molecule has 3 heterocycles. The van der Waals surface area contributed by atoms with Crippen LogP contribution in [0.1, 0.15) is 24.8 Å². The quantitative estimate of drug-likeness (QED) is 0.180. The van der Waals surface area contributed by atoms with Crippen molar-refractivity contribution in [3.8, 4) is 0 Å². The molecule has 2 fully saturated rings. The number of nitrogens with zero attached hydrogens (tertiary/aromatic N) is 3. The summed E-state index contributed by atoms with van der Waals surface area (Å²) >= 11 is 1.58. The molecule has 224 valence electrons. The zero-order valence-corrected chi connectivity index (χ0v) is 22.7. The number of fused-ring (bicyclic) bond motifs is 2. The molecule has 0 bridgehead atoms. The minimum Gasteiger partial charge on any atom is -0.353 e. The van der Waals surface area contributed by atoms with E-state index in [1.54, 1.807) is 11.8 Å². The summed E-state index contributed by atoms with van der Waals surface area (Å²) in [7, 11) is 0. The Bertz CT molecular complexity index is 1260. The number of rotatable bonds is 7. The van der Waals surface area contributed by atoms with E-state index < -0.39 is 30.1 Å². The molecule has 1 atom stereocenters. The van der Waals surface area contributed by atoms with Gasteiger partial charge in [0.1, 0.15) is 5.84 Å². The van der Waals surface area contributed by atoms with Crippen LogP contribution in [0, 0.1) is 0 Å². The monoisotopic (exact) mass is 595 g/mol. The van der Waals surface area contributed by atoms with E-state index in [0.717, 1.165) is 25.9 Å². The number of hydrogen-bond acceptors (Lipinski definition) is 15. The van der Waals surface area contributed by atoms with Crippen LogP contribution in [0.2, 0.25) is 0 Å². The molecule has 0 aromatic heterocycles. The molecule has 3 aliphatic rings. The molecular weight excluding hydrogens is 562 g/mol. The van der Waals surface area contributed by atoms with Crippen molar-refractivity contribution in [2.75, 3.05) is 32.8 Å². The minimum absolute atomic E-state index is 0.147. The van der Waals surface area contributed by atoms with E-state index in [9.17, 15) is 40.9 Å². The van der Waals surface area contributed by atoms with E-state index in [0.29, 0.717) is 18.7 Å². The van der Waals surface area contributed by atoms with Gasteiger partial charge in [0.25, 0.3) is 0 Å². The van der Waals surface area contributed by atoms with Gasteiger partial charge in [-0.1, -0.05) is 42.1 Å². The molecule has 0 amide bonds. The molecule has 3 aliphatic heterocycles. The second kappa shape index (κ2) is 11.5. The third-order valence-electron chi connectivity index (χ3n) is 7.04. The SMILES string of the molecule is OC(O)(OC1CCCCO1)C(O)(O)OC(O)(O)C(O)(O)N1CCN(C2=Nc3ccccc3Sc3ccccc32)CC1. The van der Waals surface area contributed by atoms with Crippen LogP contribution in [0.5, 0.6) is 0 Å². The van der Waals surface area contributed by atoms with Crippen LogP contribution in [0.3, 0.4) is 0 Å². The first-order valence-corrected chi connectivity index (χ1v) is 13.9. The number of hydrogen-bond donors (Lipinski definition) is 8. The summed E-state index contributed by atoms with van der Waals surface area (Å²) in [6, 6.07) is 15.4. The number of benzene rings is 2. The summed E-state index contributed by atoms with van der Waals surface area (Å²) in [5.41, 5.74) is 1.64. The van der Waals surface area contributed by atoms with E-state index >= 15 is 0 Å². The lowest BCUT2D eigenvalue weighted by atomic mass is 10.1. The van der Waals surface area contributed by atoms with Crippen molar-refractivity contribution >= 4 is 23.3 Å². The molecule has 0 saturated carbocycles. The molecule has 0 spiro atoms. The Balaban J connectivity index is 1.29. The van der Waals surface area contributed by atoms with Crippen LogP contribution >= 0.6 is 11.8 Å². The molecule has 0 aliphatic carbocycles. The highest BCUT2D eigenvalue weighted by molar-refractivity contribution is 7.99. The Hall–Kier alpha value is -2.22. The predicted molar refractivity (Wildman–Crippen MR) is 141 cm³/mol. The van der Waals surface area contributed by atoms with Gasteiger partial charge in [0.2, 0.25) is 0 Å². The Morgan fingerprint density at radius 2 is 1.44 bits per heavy atom. The molecule has 1 unspecified atom stereocenters. The lowest BCUT2D eigenvalue weighted by Crippen LogP contribution is -2.73. The van der Waals surface area contributed by atoms with E-state index in [4.69, 9.17) is 14.5 Å². The van der Waals surface area contributed by atoms with E-state index in [1.807, 2.05) is 53.4 Å². The normalized spacial score (nSPS) is 21.1. The van der Waals surface area contributed by atoms with Crippen LogP contribution in [0.15, 0.2) is 63.3 Å². The summed E-state index contributed by atoms with van der Waals surface area (Å²) < 4.78 is 14.1. The summed E-state index contributed by atoms with van der Waals surface area (Å²) in [6.45, 7) is 0.160. The van der Waals surface area contributed by atoms with Crippen molar-refractivity contribution in [2.45, 2.75) is 59.2 Å². The van der Waals surface area contributed by atoms with E-state index in [1.165, 1.54) is 0 Å². The Labute approximate surface area is 239 Å². The largest absolute Gasteiger partial charge is 0.369 e. The Morgan fingerprint density at radius 3 is 2.12 bits per heavy atom. The van der Waals surface area contributed by atoms with E-state index in [2.05, 4.69) is 4.74 Å². The van der Waals surface area contributed by atoms with Crippen molar-refractivity contribution in [2.24, 2.45) is 4.99 Å². The second-order valence-corrected chi connectivity index (χ2v) is 11.0. The first-order valence-electron chi connectivity index (χ1n) is 13.0. The highest BCUT2D eigenvalue weighted by Crippen LogP contribution is 2.41. The predicted octanol–water partition coefficient (Wildman–Crippen LogP) is -1.04. The highest BCUT2D eigenvalue weighted by atomic mass is 32.2. The number of piperazine rings is 1. The molecule has 41 heavy (non-hydrogen) atoms. The smallest absolute Gasteiger partial charge is 0.353 e. The maximum Gasteiger partial charge on any atom is 0.369 e. The Morgan fingerprint density at radius 1 is 0.780 bits per heavy atom. The molecular formula is C26H33N3O11S. The van der Waals surface area contributed by atoms with Crippen LogP contribution in [-0.4, -0.2) is 119 Å². The highest BCUT2D eigenvalue weighted by Gasteiger charge is 2.64. The third-order valence-corrected chi connectivity index (χ3v) is 8.18. The zero-order chi connectivity index (χ0) is 29.5. The van der Waals surface area contributed by atoms with Crippen LogP contribution in [-0.2, 0) is 14.2 Å². The molecule has 2 saturated heterocycles. The van der Waals surface area contributed by atoms with Gasteiger partial charge in [-0.2, -0.15) is 0 Å². The van der Waals surface area contributed by atoms with Gasteiger partial charge in [0.05, 0.1) is 5.69 Å². The van der Waals surface area contributed by atoms with Crippen molar-refractivity contribution in [1.29, 1.82) is 0 Å². The standard InChI is InChI=1S/C26H33N3O11S/c30-23(31,24(32,33)40-26(36,37)25(34,35)39-21-11-5-6-16-38-21)29-14-12-28(13-15-29)22-17-7-1-3-9-19(17)41-20-10-4-2-8-18(20)27-22/h1-4,7-10,21,30-37H,5-6,11-16H2.